The molecule has 106 valence electrons. The van der Waals surface area contributed by atoms with Gasteiger partial charge in [0, 0.05) is 30.2 Å². The number of anilines is 1. The molecular weight excluding hydrogens is 279 g/mol. The Hall–Kier alpha value is -0.440. The first-order valence-corrected chi connectivity index (χ1v) is 7.73. The molecule has 1 heterocycles. The van der Waals surface area contributed by atoms with E-state index >= 15 is 0 Å². The third kappa shape index (κ3) is 3.36. The summed E-state index contributed by atoms with van der Waals surface area (Å²) in [5.41, 5.74) is 1.06. The largest absolute Gasteiger partial charge is 0.364 e. The first-order chi connectivity index (χ1) is 9.02. The summed E-state index contributed by atoms with van der Waals surface area (Å²) in [6.45, 7) is 8.70. The Labute approximate surface area is 126 Å². The van der Waals surface area contributed by atoms with Crippen molar-refractivity contribution < 1.29 is 0 Å². The Kier molecular flexibility index (Phi) is 4.99. The second-order valence-electron chi connectivity index (χ2n) is 5.57. The fourth-order valence-corrected chi connectivity index (χ4v) is 3.03. The molecule has 4 heteroatoms. The zero-order valence-electron chi connectivity index (χ0n) is 11.8. The molecule has 0 saturated carbocycles. The zero-order valence-corrected chi connectivity index (χ0v) is 13.3. The lowest BCUT2D eigenvalue weighted by atomic mass is 9.98. The summed E-state index contributed by atoms with van der Waals surface area (Å²) >= 11 is 12.5. The molecule has 1 aliphatic rings. The van der Waals surface area contributed by atoms with Crippen molar-refractivity contribution in [2.24, 2.45) is 5.92 Å². The number of nitrogens with one attached hydrogen (secondary N) is 1. The molecular formula is C15H22Cl2N2. The van der Waals surface area contributed by atoms with Gasteiger partial charge in [0.05, 0.1) is 10.7 Å². The van der Waals surface area contributed by atoms with Crippen LogP contribution in [0.1, 0.15) is 27.2 Å². The molecule has 1 aromatic carbocycles. The smallest absolute Gasteiger partial charge is 0.0640 e. The van der Waals surface area contributed by atoms with E-state index in [1.54, 1.807) is 0 Å². The number of piperazine rings is 1. The van der Waals surface area contributed by atoms with E-state index in [-0.39, 0.29) is 0 Å². The molecule has 2 rings (SSSR count). The minimum Gasteiger partial charge on any atom is -0.364 e. The van der Waals surface area contributed by atoms with Crippen molar-refractivity contribution >= 4 is 28.9 Å². The van der Waals surface area contributed by atoms with E-state index in [1.807, 2.05) is 18.2 Å². The van der Waals surface area contributed by atoms with Crippen LogP contribution >= 0.6 is 23.2 Å². The fraction of sp³-hybridized carbons (Fsp3) is 0.600. The fourth-order valence-electron chi connectivity index (χ4n) is 2.64. The van der Waals surface area contributed by atoms with Gasteiger partial charge in [0.1, 0.15) is 0 Å². The predicted molar refractivity (Wildman–Crippen MR) is 84.5 cm³/mol. The highest BCUT2D eigenvalue weighted by Crippen LogP contribution is 2.32. The molecule has 0 bridgehead atoms. The molecule has 0 amide bonds. The molecule has 1 N–H and O–H groups in total. The molecule has 1 aromatic rings. The van der Waals surface area contributed by atoms with Crippen LogP contribution in [0.3, 0.4) is 0 Å². The number of nitrogens with zero attached hydrogens (tertiary/aromatic N) is 1. The van der Waals surface area contributed by atoms with Crippen LogP contribution in [0.25, 0.3) is 0 Å². The molecule has 0 aromatic heterocycles. The van der Waals surface area contributed by atoms with Crippen molar-refractivity contribution in [3.63, 3.8) is 0 Å². The van der Waals surface area contributed by atoms with Crippen molar-refractivity contribution in [3.05, 3.63) is 28.2 Å². The second kappa shape index (κ2) is 6.34. The van der Waals surface area contributed by atoms with Gasteiger partial charge in [-0.2, -0.15) is 0 Å². The zero-order chi connectivity index (χ0) is 14.0. The van der Waals surface area contributed by atoms with Crippen LogP contribution in [-0.2, 0) is 0 Å². The second-order valence-corrected chi connectivity index (χ2v) is 6.41. The SMILES string of the molecule is CCC1CNC(C(C)C)CN1c1cc(Cl)ccc1Cl. The minimum atomic E-state index is 0.478. The topological polar surface area (TPSA) is 15.3 Å². The van der Waals surface area contributed by atoms with Gasteiger partial charge in [-0.1, -0.05) is 44.0 Å². The van der Waals surface area contributed by atoms with Gasteiger partial charge in [0.25, 0.3) is 0 Å². The Morgan fingerprint density at radius 1 is 1.37 bits per heavy atom. The van der Waals surface area contributed by atoms with Crippen molar-refractivity contribution in [1.29, 1.82) is 0 Å². The molecule has 2 unspecified atom stereocenters. The van der Waals surface area contributed by atoms with Gasteiger partial charge in [0.2, 0.25) is 0 Å². The van der Waals surface area contributed by atoms with Crippen LogP contribution in [0.5, 0.6) is 0 Å². The number of halogens is 2. The van der Waals surface area contributed by atoms with Gasteiger partial charge in [-0.05, 0) is 30.5 Å². The quantitative estimate of drug-likeness (QED) is 0.900. The lowest BCUT2D eigenvalue weighted by Crippen LogP contribution is -2.58. The molecule has 1 saturated heterocycles. The summed E-state index contributed by atoms with van der Waals surface area (Å²) in [5.74, 6) is 0.610. The van der Waals surface area contributed by atoms with Crippen molar-refractivity contribution in [3.8, 4) is 0 Å². The van der Waals surface area contributed by atoms with Crippen LogP contribution in [0, 0.1) is 5.92 Å². The highest BCUT2D eigenvalue weighted by atomic mass is 35.5. The molecule has 2 nitrogen and oxygen atoms in total. The Morgan fingerprint density at radius 2 is 2.11 bits per heavy atom. The van der Waals surface area contributed by atoms with Gasteiger partial charge in [-0.3, -0.25) is 0 Å². The Balaban J connectivity index is 2.29. The van der Waals surface area contributed by atoms with Gasteiger partial charge in [-0.25, -0.2) is 0 Å². The predicted octanol–water partition coefficient (Wildman–Crippen LogP) is 4.21. The monoisotopic (exact) mass is 300 g/mol. The highest BCUT2D eigenvalue weighted by molar-refractivity contribution is 6.35. The lowest BCUT2D eigenvalue weighted by Gasteiger charge is -2.43. The maximum absolute atomic E-state index is 6.36. The van der Waals surface area contributed by atoms with E-state index in [1.165, 1.54) is 0 Å². The van der Waals surface area contributed by atoms with E-state index in [4.69, 9.17) is 23.2 Å². The highest BCUT2D eigenvalue weighted by Gasteiger charge is 2.29. The number of benzene rings is 1. The van der Waals surface area contributed by atoms with E-state index in [2.05, 4.69) is 31.0 Å². The third-order valence-corrected chi connectivity index (χ3v) is 4.50. The van der Waals surface area contributed by atoms with Gasteiger partial charge < -0.3 is 10.2 Å². The average Bonchev–Trinajstić information content (AvgIpc) is 2.40. The first-order valence-electron chi connectivity index (χ1n) is 6.98. The summed E-state index contributed by atoms with van der Waals surface area (Å²) in [5, 5.41) is 5.16. The molecule has 1 aliphatic heterocycles. The summed E-state index contributed by atoms with van der Waals surface area (Å²) < 4.78 is 0. The summed E-state index contributed by atoms with van der Waals surface area (Å²) in [6, 6.07) is 6.69. The Morgan fingerprint density at radius 3 is 2.74 bits per heavy atom. The van der Waals surface area contributed by atoms with Crippen LogP contribution in [0.15, 0.2) is 18.2 Å². The maximum Gasteiger partial charge on any atom is 0.0640 e. The minimum absolute atomic E-state index is 0.478. The van der Waals surface area contributed by atoms with Gasteiger partial charge >= 0.3 is 0 Å². The van der Waals surface area contributed by atoms with Crippen LogP contribution in [0.2, 0.25) is 10.0 Å². The van der Waals surface area contributed by atoms with Crippen molar-refractivity contribution in [1.82, 2.24) is 5.32 Å². The lowest BCUT2D eigenvalue weighted by molar-refractivity contribution is 0.325. The van der Waals surface area contributed by atoms with E-state index < -0.39 is 0 Å². The van der Waals surface area contributed by atoms with Crippen molar-refractivity contribution in [2.75, 3.05) is 18.0 Å². The standard InChI is InChI=1S/C15H22Cl2N2/c1-4-12-8-18-14(10(2)3)9-19(12)15-7-11(16)5-6-13(15)17/h5-7,10,12,14,18H,4,8-9H2,1-3H3. The normalized spacial score (nSPS) is 24.0. The van der Waals surface area contributed by atoms with E-state index in [0.29, 0.717) is 18.0 Å². The Bertz CT molecular complexity index is 434. The molecule has 0 aliphatic carbocycles. The van der Waals surface area contributed by atoms with Crippen LogP contribution in [0.4, 0.5) is 5.69 Å². The summed E-state index contributed by atoms with van der Waals surface area (Å²) in [4.78, 5) is 2.41. The van der Waals surface area contributed by atoms with Crippen LogP contribution in [-0.4, -0.2) is 25.2 Å². The summed E-state index contributed by atoms with van der Waals surface area (Å²) in [6.07, 6.45) is 1.10. The molecule has 19 heavy (non-hydrogen) atoms. The average molecular weight is 301 g/mol. The van der Waals surface area contributed by atoms with Gasteiger partial charge in [-0.15, -0.1) is 0 Å². The van der Waals surface area contributed by atoms with Crippen LogP contribution < -0.4 is 10.2 Å². The molecule has 2 atom stereocenters. The number of hydrogen-bond acceptors (Lipinski definition) is 2. The third-order valence-electron chi connectivity index (χ3n) is 3.94. The molecule has 1 fully saturated rings. The molecule has 0 radical (unpaired) electrons. The van der Waals surface area contributed by atoms with E-state index in [9.17, 15) is 0 Å². The first kappa shape index (κ1) is 15.0. The maximum atomic E-state index is 6.36. The van der Waals surface area contributed by atoms with Gasteiger partial charge in [0.15, 0.2) is 0 Å². The summed E-state index contributed by atoms with van der Waals surface area (Å²) in [7, 11) is 0. The van der Waals surface area contributed by atoms with Crippen molar-refractivity contribution in [2.45, 2.75) is 39.3 Å². The number of hydrogen-bond donors (Lipinski definition) is 1. The molecule has 0 spiro atoms. The van der Waals surface area contributed by atoms with E-state index in [0.717, 1.165) is 35.2 Å². The number of rotatable bonds is 3.